The van der Waals surface area contributed by atoms with Crippen molar-refractivity contribution in [3.05, 3.63) is 95.1 Å². The number of nitrogens with zero attached hydrogens (tertiary/aromatic N) is 2. The van der Waals surface area contributed by atoms with Crippen LogP contribution in [0.2, 0.25) is 20.1 Å². The highest BCUT2D eigenvalue weighted by Crippen LogP contribution is 2.49. The van der Waals surface area contributed by atoms with Gasteiger partial charge in [-0.1, -0.05) is 80.5 Å². The molecular formula is C24H12BrCl4FN2O3. The third kappa shape index (κ3) is 3.59. The van der Waals surface area contributed by atoms with E-state index in [0.717, 1.165) is 9.37 Å². The number of aryl methyl sites for hydroxylation is 1. The lowest BCUT2D eigenvalue weighted by molar-refractivity contribution is -0.130. The molecule has 1 saturated heterocycles. The Morgan fingerprint density at radius 3 is 1.94 bits per heavy atom. The SMILES string of the molecule is Cc1ccc(N2C(=O)C(N3C(=O)c4c(Cl)c(Cl)c(Cl)c(Cl)c4C3=O)C2c2cccc(Br)c2)cc1F. The molecule has 0 spiro atoms. The molecule has 11 heteroatoms. The normalized spacial score (nSPS) is 19.3. The molecule has 0 radical (unpaired) electrons. The Morgan fingerprint density at radius 1 is 0.800 bits per heavy atom. The predicted molar refractivity (Wildman–Crippen MR) is 136 cm³/mol. The standard InChI is InChI=1S/C24H12BrCl4FN2O3/c1-9-5-6-12(8-13(9)30)31-20(10-3-2-4-11(25)7-10)21(24(31)35)32-22(33)14-15(23(32)34)17(27)19(29)18(28)16(14)26/h2-8,20-21H,1H3. The first-order valence-corrected chi connectivity index (χ1v) is 12.4. The smallest absolute Gasteiger partial charge is 0.264 e. The fourth-order valence-corrected chi connectivity index (χ4v) is 5.82. The van der Waals surface area contributed by atoms with Gasteiger partial charge in [-0.3, -0.25) is 19.3 Å². The summed E-state index contributed by atoms with van der Waals surface area (Å²) in [7, 11) is 0. The lowest BCUT2D eigenvalue weighted by atomic mass is 9.86. The molecule has 2 aliphatic rings. The van der Waals surface area contributed by atoms with Crippen molar-refractivity contribution in [1.82, 2.24) is 4.90 Å². The molecule has 3 aromatic rings. The average Bonchev–Trinajstić information content (AvgIpc) is 3.07. The second-order valence-corrected chi connectivity index (χ2v) is 10.5. The number of fused-ring (bicyclic) bond motifs is 1. The van der Waals surface area contributed by atoms with Crippen LogP contribution in [-0.4, -0.2) is 28.7 Å². The van der Waals surface area contributed by atoms with Crippen molar-refractivity contribution in [3.63, 3.8) is 0 Å². The van der Waals surface area contributed by atoms with E-state index in [1.165, 1.54) is 11.0 Å². The second kappa shape index (κ2) is 8.75. The molecule has 2 heterocycles. The van der Waals surface area contributed by atoms with Crippen molar-refractivity contribution in [2.75, 3.05) is 4.90 Å². The summed E-state index contributed by atoms with van der Waals surface area (Å²) in [6.45, 7) is 1.61. The molecule has 2 atom stereocenters. The van der Waals surface area contributed by atoms with E-state index in [0.29, 0.717) is 11.1 Å². The van der Waals surface area contributed by atoms with Crippen LogP contribution >= 0.6 is 62.3 Å². The van der Waals surface area contributed by atoms with Gasteiger partial charge < -0.3 is 4.90 Å². The summed E-state index contributed by atoms with van der Waals surface area (Å²) in [5.41, 5.74) is 0.900. The lowest BCUT2D eigenvalue weighted by Gasteiger charge is -2.49. The number of carbonyl (C=O) groups excluding carboxylic acids is 3. The minimum atomic E-state index is -1.23. The summed E-state index contributed by atoms with van der Waals surface area (Å²) in [6, 6.07) is 9.42. The van der Waals surface area contributed by atoms with Crippen LogP contribution in [0.1, 0.15) is 37.9 Å². The van der Waals surface area contributed by atoms with Crippen LogP contribution in [0.3, 0.4) is 0 Å². The minimum Gasteiger partial charge on any atom is -0.300 e. The van der Waals surface area contributed by atoms with Crippen LogP contribution < -0.4 is 4.90 Å². The summed E-state index contributed by atoms with van der Waals surface area (Å²) in [6.07, 6.45) is 0. The van der Waals surface area contributed by atoms with E-state index in [1.54, 1.807) is 43.3 Å². The Hall–Kier alpha value is -2.16. The summed E-state index contributed by atoms with van der Waals surface area (Å²) in [4.78, 5) is 42.5. The van der Waals surface area contributed by atoms with E-state index in [2.05, 4.69) is 15.9 Å². The van der Waals surface area contributed by atoms with Crippen LogP contribution in [0.25, 0.3) is 0 Å². The van der Waals surface area contributed by atoms with Gasteiger partial charge in [-0.05, 0) is 42.3 Å². The highest BCUT2D eigenvalue weighted by atomic mass is 79.9. The number of anilines is 1. The Morgan fingerprint density at radius 2 is 1.40 bits per heavy atom. The third-order valence-electron chi connectivity index (χ3n) is 6.10. The van der Waals surface area contributed by atoms with Gasteiger partial charge in [-0.25, -0.2) is 4.39 Å². The van der Waals surface area contributed by atoms with E-state index in [9.17, 15) is 18.8 Å². The molecule has 5 nitrogen and oxygen atoms in total. The van der Waals surface area contributed by atoms with E-state index < -0.39 is 35.6 Å². The maximum absolute atomic E-state index is 14.4. The minimum absolute atomic E-state index is 0.166. The van der Waals surface area contributed by atoms with Crippen LogP contribution in [0.4, 0.5) is 10.1 Å². The maximum Gasteiger partial charge on any atom is 0.264 e. The zero-order chi connectivity index (χ0) is 25.3. The van der Waals surface area contributed by atoms with Gasteiger partial charge >= 0.3 is 0 Å². The van der Waals surface area contributed by atoms with Gasteiger partial charge in [0, 0.05) is 10.2 Å². The maximum atomic E-state index is 14.4. The van der Waals surface area contributed by atoms with Crippen molar-refractivity contribution in [3.8, 4) is 0 Å². The fraction of sp³-hybridized carbons (Fsp3) is 0.125. The quantitative estimate of drug-likeness (QED) is 0.135. The van der Waals surface area contributed by atoms with Gasteiger partial charge in [0.2, 0.25) is 0 Å². The van der Waals surface area contributed by atoms with Crippen LogP contribution in [-0.2, 0) is 4.79 Å². The molecule has 5 rings (SSSR count). The van der Waals surface area contributed by atoms with Crippen LogP contribution in [0.5, 0.6) is 0 Å². The number of benzene rings is 3. The number of amides is 3. The molecule has 0 aromatic heterocycles. The van der Waals surface area contributed by atoms with Gasteiger partial charge in [0.15, 0.2) is 0 Å². The number of β-lactam (4-membered cyclic amide) rings is 1. The van der Waals surface area contributed by atoms with Gasteiger partial charge in [-0.2, -0.15) is 0 Å². The number of hydrogen-bond acceptors (Lipinski definition) is 3. The van der Waals surface area contributed by atoms with E-state index in [1.807, 2.05) is 0 Å². The second-order valence-electron chi connectivity index (χ2n) is 8.07. The summed E-state index contributed by atoms with van der Waals surface area (Å²) >= 11 is 28.1. The number of halogens is 6. The predicted octanol–water partition coefficient (Wildman–Crippen LogP) is 7.26. The van der Waals surface area contributed by atoms with Crippen molar-refractivity contribution < 1.29 is 18.8 Å². The van der Waals surface area contributed by atoms with Gasteiger partial charge in [0.25, 0.3) is 17.7 Å². The Balaban J connectivity index is 1.65. The molecule has 0 bridgehead atoms. The molecule has 178 valence electrons. The molecule has 2 unspecified atom stereocenters. The first-order chi connectivity index (χ1) is 16.5. The van der Waals surface area contributed by atoms with Gasteiger partial charge in [-0.15, -0.1) is 0 Å². The van der Waals surface area contributed by atoms with E-state index >= 15 is 0 Å². The number of hydrogen-bond donors (Lipinski definition) is 0. The van der Waals surface area contributed by atoms with Crippen LogP contribution in [0.15, 0.2) is 46.9 Å². The third-order valence-corrected chi connectivity index (χ3v) is 8.40. The van der Waals surface area contributed by atoms with Gasteiger partial charge in [0.05, 0.1) is 37.3 Å². The van der Waals surface area contributed by atoms with E-state index in [-0.39, 0.29) is 36.9 Å². The number of rotatable bonds is 3. The monoisotopic (exact) mass is 614 g/mol. The molecule has 0 saturated carbocycles. The Bertz CT molecular complexity index is 1430. The molecule has 3 amide bonds. The van der Waals surface area contributed by atoms with Crippen molar-refractivity contribution in [2.45, 2.75) is 19.0 Å². The van der Waals surface area contributed by atoms with Crippen molar-refractivity contribution in [2.24, 2.45) is 0 Å². The molecule has 2 aliphatic heterocycles. The molecular weight excluding hydrogens is 605 g/mol. The zero-order valence-corrected chi connectivity index (χ0v) is 22.2. The zero-order valence-electron chi connectivity index (χ0n) is 17.6. The van der Waals surface area contributed by atoms with E-state index in [4.69, 9.17) is 46.4 Å². The largest absolute Gasteiger partial charge is 0.300 e. The number of imide groups is 1. The first kappa shape index (κ1) is 24.5. The highest BCUT2D eigenvalue weighted by Gasteiger charge is 2.58. The summed E-state index contributed by atoms with van der Waals surface area (Å²) in [5, 5.41) is -0.777. The Kier molecular flexibility index (Phi) is 6.13. The molecule has 0 N–H and O–H groups in total. The molecule has 1 fully saturated rings. The van der Waals surface area contributed by atoms with Crippen LogP contribution in [0, 0.1) is 12.7 Å². The summed E-state index contributed by atoms with van der Waals surface area (Å²) in [5.74, 6) is -2.69. The van der Waals surface area contributed by atoms with Gasteiger partial charge in [0.1, 0.15) is 11.9 Å². The average molecular weight is 617 g/mol. The highest BCUT2D eigenvalue weighted by molar-refractivity contribution is 9.10. The molecule has 35 heavy (non-hydrogen) atoms. The number of carbonyl (C=O) groups is 3. The fourth-order valence-electron chi connectivity index (χ4n) is 4.39. The van der Waals surface area contributed by atoms with Crippen molar-refractivity contribution >= 4 is 85.7 Å². The topological polar surface area (TPSA) is 57.7 Å². The molecule has 3 aromatic carbocycles. The molecule has 0 aliphatic carbocycles. The van der Waals surface area contributed by atoms with Crippen molar-refractivity contribution in [1.29, 1.82) is 0 Å². The Labute approximate surface area is 227 Å². The lowest BCUT2D eigenvalue weighted by Crippen LogP contribution is -2.67. The first-order valence-electron chi connectivity index (χ1n) is 10.1. The summed E-state index contributed by atoms with van der Waals surface area (Å²) < 4.78 is 15.1.